The zero-order valence-electron chi connectivity index (χ0n) is 15.5. The number of hydrogen-bond acceptors (Lipinski definition) is 3. The minimum atomic E-state index is 0.0407. The van der Waals surface area contributed by atoms with Gasteiger partial charge in [-0.05, 0) is 42.2 Å². The SMILES string of the molecule is CN(Cc1ccccc1)c1cc(C(=O)N2CCCc3ccccc32)ccn1. The van der Waals surface area contributed by atoms with Crippen molar-refractivity contribution in [2.75, 3.05) is 23.4 Å². The summed E-state index contributed by atoms with van der Waals surface area (Å²) in [5.74, 6) is 0.842. The first-order chi connectivity index (χ1) is 13.2. The van der Waals surface area contributed by atoms with Gasteiger partial charge >= 0.3 is 0 Å². The van der Waals surface area contributed by atoms with E-state index in [2.05, 4.69) is 28.1 Å². The van der Waals surface area contributed by atoms with Gasteiger partial charge in [-0.2, -0.15) is 0 Å². The molecule has 0 fully saturated rings. The van der Waals surface area contributed by atoms with Crippen molar-refractivity contribution >= 4 is 17.4 Å². The zero-order valence-corrected chi connectivity index (χ0v) is 15.5. The fraction of sp³-hybridized carbons (Fsp3) is 0.217. The Kier molecular flexibility index (Phi) is 4.88. The average Bonchev–Trinajstić information content (AvgIpc) is 2.73. The standard InChI is InChI=1S/C23H23N3O/c1-25(17-18-8-3-2-4-9-18)22-16-20(13-14-24-22)23(27)26-15-7-11-19-10-5-6-12-21(19)26/h2-6,8-10,12-14,16H,7,11,15,17H2,1H3. The molecule has 1 aliphatic rings. The van der Waals surface area contributed by atoms with Crippen LogP contribution in [0.5, 0.6) is 0 Å². The second-order valence-electron chi connectivity index (χ2n) is 6.93. The van der Waals surface area contributed by atoms with Crippen molar-refractivity contribution in [3.63, 3.8) is 0 Å². The number of rotatable bonds is 4. The van der Waals surface area contributed by atoms with Gasteiger partial charge in [0.1, 0.15) is 5.82 Å². The summed E-state index contributed by atoms with van der Waals surface area (Å²) in [6.07, 6.45) is 3.75. The van der Waals surface area contributed by atoms with Crippen molar-refractivity contribution in [3.8, 4) is 0 Å². The Bertz CT molecular complexity index is 939. The Hall–Kier alpha value is -3.14. The van der Waals surface area contributed by atoms with Crippen LogP contribution in [0.25, 0.3) is 0 Å². The number of pyridine rings is 1. The van der Waals surface area contributed by atoms with Gasteiger partial charge in [0.25, 0.3) is 5.91 Å². The molecular weight excluding hydrogens is 334 g/mol. The summed E-state index contributed by atoms with van der Waals surface area (Å²) in [6.45, 7) is 1.51. The summed E-state index contributed by atoms with van der Waals surface area (Å²) < 4.78 is 0. The molecule has 1 amide bonds. The Morgan fingerprint density at radius 3 is 2.70 bits per heavy atom. The Morgan fingerprint density at radius 2 is 1.85 bits per heavy atom. The Balaban J connectivity index is 1.57. The van der Waals surface area contributed by atoms with Crippen LogP contribution in [-0.4, -0.2) is 24.5 Å². The summed E-state index contributed by atoms with van der Waals surface area (Å²) in [5.41, 5.74) is 4.16. The highest BCUT2D eigenvalue weighted by atomic mass is 16.2. The lowest BCUT2D eigenvalue weighted by molar-refractivity contribution is 0.0985. The molecule has 1 aromatic heterocycles. The van der Waals surface area contributed by atoms with Crippen LogP contribution in [0.3, 0.4) is 0 Å². The molecule has 0 unspecified atom stereocenters. The molecule has 0 atom stereocenters. The molecule has 4 nitrogen and oxygen atoms in total. The zero-order chi connectivity index (χ0) is 18.6. The van der Waals surface area contributed by atoms with Gasteiger partial charge in [0, 0.05) is 37.6 Å². The molecule has 0 N–H and O–H groups in total. The van der Waals surface area contributed by atoms with E-state index >= 15 is 0 Å². The summed E-state index contributed by atoms with van der Waals surface area (Å²) >= 11 is 0. The maximum atomic E-state index is 13.2. The number of aryl methyl sites for hydroxylation is 1. The monoisotopic (exact) mass is 357 g/mol. The molecule has 4 rings (SSSR count). The topological polar surface area (TPSA) is 36.4 Å². The maximum absolute atomic E-state index is 13.2. The molecule has 136 valence electrons. The quantitative estimate of drug-likeness (QED) is 0.698. The third-order valence-corrected chi connectivity index (χ3v) is 5.00. The number of amides is 1. The fourth-order valence-electron chi connectivity index (χ4n) is 3.60. The third-order valence-electron chi connectivity index (χ3n) is 5.00. The minimum Gasteiger partial charge on any atom is -0.355 e. The van der Waals surface area contributed by atoms with Gasteiger partial charge in [-0.15, -0.1) is 0 Å². The molecule has 0 spiro atoms. The van der Waals surface area contributed by atoms with E-state index in [4.69, 9.17) is 0 Å². The van der Waals surface area contributed by atoms with Crippen molar-refractivity contribution in [3.05, 3.63) is 89.6 Å². The average molecular weight is 357 g/mol. The Morgan fingerprint density at radius 1 is 1.07 bits per heavy atom. The van der Waals surface area contributed by atoms with Crippen LogP contribution in [0.1, 0.15) is 27.9 Å². The number of nitrogens with zero attached hydrogens (tertiary/aromatic N) is 3. The first-order valence-corrected chi connectivity index (χ1v) is 9.33. The molecule has 0 bridgehead atoms. The van der Waals surface area contributed by atoms with Gasteiger partial charge < -0.3 is 9.80 Å². The van der Waals surface area contributed by atoms with Gasteiger partial charge in [0.05, 0.1) is 0 Å². The van der Waals surface area contributed by atoms with Crippen molar-refractivity contribution in [2.45, 2.75) is 19.4 Å². The predicted molar refractivity (Wildman–Crippen MR) is 109 cm³/mol. The van der Waals surface area contributed by atoms with Crippen LogP contribution < -0.4 is 9.80 Å². The molecule has 2 aromatic carbocycles. The largest absolute Gasteiger partial charge is 0.355 e. The van der Waals surface area contributed by atoms with Gasteiger partial charge in [0.2, 0.25) is 0 Å². The van der Waals surface area contributed by atoms with Crippen LogP contribution in [0.2, 0.25) is 0 Å². The van der Waals surface area contributed by atoms with Crippen molar-refractivity contribution in [1.82, 2.24) is 4.98 Å². The second kappa shape index (κ2) is 7.62. The van der Waals surface area contributed by atoms with Crippen molar-refractivity contribution in [1.29, 1.82) is 0 Å². The van der Waals surface area contributed by atoms with Crippen molar-refractivity contribution in [2.24, 2.45) is 0 Å². The van der Waals surface area contributed by atoms with E-state index in [1.165, 1.54) is 11.1 Å². The van der Waals surface area contributed by atoms with E-state index in [1.54, 1.807) is 12.3 Å². The molecule has 3 aromatic rings. The number of benzene rings is 2. The number of aromatic nitrogens is 1. The molecule has 0 radical (unpaired) electrons. The van der Waals surface area contributed by atoms with Gasteiger partial charge in [-0.1, -0.05) is 48.5 Å². The first kappa shape index (κ1) is 17.3. The molecule has 2 heterocycles. The minimum absolute atomic E-state index is 0.0407. The van der Waals surface area contributed by atoms with E-state index in [-0.39, 0.29) is 5.91 Å². The molecule has 4 heteroatoms. The summed E-state index contributed by atoms with van der Waals surface area (Å²) in [5, 5.41) is 0. The van der Waals surface area contributed by atoms with E-state index in [0.29, 0.717) is 5.56 Å². The number of carbonyl (C=O) groups is 1. The highest BCUT2D eigenvalue weighted by Gasteiger charge is 2.23. The fourth-order valence-corrected chi connectivity index (χ4v) is 3.60. The van der Waals surface area contributed by atoms with Gasteiger partial charge in [0.15, 0.2) is 0 Å². The normalized spacial score (nSPS) is 13.1. The number of anilines is 2. The van der Waals surface area contributed by atoms with Crippen LogP contribution >= 0.6 is 0 Å². The summed E-state index contributed by atoms with van der Waals surface area (Å²) in [4.78, 5) is 21.6. The Labute approximate surface area is 160 Å². The highest BCUT2D eigenvalue weighted by molar-refractivity contribution is 6.07. The third kappa shape index (κ3) is 3.70. The number of hydrogen-bond donors (Lipinski definition) is 0. The van der Waals surface area contributed by atoms with Crippen molar-refractivity contribution < 1.29 is 4.79 Å². The highest BCUT2D eigenvalue weighted by Crippen LogP contribution is 2.28. The first-order valence-electron chi connectivity index (χ1n) is 9.33. The lowest BCUT2D eigenvalue weighted by atomic mass is 10.0. The lowest BCUT2D eigenvalue weighted by Crippen LogP contribution is -2.35. The molecule has 0 aliphatic carbocycles. The summed E-state index contributed by atoms with van der Waals surface area (Å²) in [7, 11) is 2.00. The molecule has 0 saturated carbocycles. The van der Waals surface area contributed by atoms with E-state index < -0.39 is 0 Å². The second-order valence-corrected chi connectivity index (χ2v) is 6.93. The molecule has 0 saturated heterocycles. The van der Waals surface area contributed by atoms with Crippen LogP contribution in [0.15, 0.2) is 72.9 Å². The molecule has 1 aliphatic heterocycles. The lowest BCUT2D eigenvalue weighted by Gasteiger charge is -2.29. The van der Waals surface area contributed by atoms with Crippen LogP contribution in [0, 0.1) is 0 Å². The van der Waals surface area contributed by atoms with Gasteiger partial charge in [-0.3, -0.25) is 4.79 Å². The van der Waals surface area contributed by atoms with E-state index in [1.807, 2.05) is 54.4 Å². The number of para-hydroxylation sites is 1. The molecule has 27 heavy (non-hydrogen) atoms. The van der Waals surface area contributed by atoms with E-state index in [0.717, 1.165) is 37.4 Å². The number of carbonyl (C=O) groups excluding carboxylic acids is 1. The molecular formula is C23H23N3O. The maximum Gasteiger partial charge on any atom is 0.258 e. The van der Waals surface area contributed by atoms with Gasteiger partial charge in [-0.25, -0.2) is 4.98 Å². The van der Waals surface area contributed by atoms with Crippen LogP contribution in [-0.2, 0) is 13.0 Å². The summed E-state index contributed by atoms with van der Waals surface area (Å²) in [6, 6.07) is 22.1. The smallest absolute Gasteiger partial charge is 0.258 e. The van der Waals surface area contributed by atoms with Crippen LogP contribution in [0.4, 0.5) is 11.5 Å². The predicted octanol–water partition coefficient (Wildman–Crippen LogP) is 4.31. The number of fused-ring (bicyclic) bond motifs is 1. The van der Waals surface area contributed by atoms with E-state index in [9.17, 15) is 4.79 Å².